The van der Waals surface area contributed by atoms with Gasteiger partial charge < -0.3 is 14.5 Å². The Morgan fingerprint density at radius 2 is 2.24 bits per heavy atom. The molecule has 108 valence electrons. The Morgan fingerprint density at radius 1 is 1.43 bits per heavy atom. The Hall–Kier alpha value is -2.83. The molecule has 21 heavy (non-hydrogen) atoms. The van der Waals surface area contributed by atoms with Gasteiger partial charge in [-0.1, -0.05) is 18.2 Å². The molecule has 3 aromatic rings. The van der Waals surface area contributed by atoms with Crippen LogP contribution in [0.25, 0.3) is 5.84 Å². The lowest BCUT2D eigenvalue weighted by molar-refractivity contribution is 0.0924. The first kappa shape index (κ1) is 13.2. The van der Waals surface area contributed by atoms with E-state index in [0.29, 0.717) is 18.1 Å². The molecule has 0 fully saturated rings. The molecule has 0 radical (unpaired) electrons. The maximum Gasteiger partial charge on any atom is 0.325 e. The van der Waals surface area contributed by atoms with Gasteiger partial charge in [0.1, 0.15) is 12.1 Å². The molecular formula is C14H14N4O3. The molecule has 1 amide bonds. The summed E-state index contributed by atoms with van der Waals surface area (Å²) in [6.45, 7) is 2.10. The summed E-state index contributed by atoms with van der Waals surface area (Å²) in [5.41, 5.74) is 1.50. The fourth-order valence-electron chi connectivity index (χ4n) is 2.11. The van der Waals surface area contributed by atoms with Gasteiger partial charge in [0.05, 0.1) is 12.8 Å². The van der Waals surface area contributed by atoms with E-state index in [1.54, 1.807) is 14.0 Å². The van der Waals surface area contributed by atoms with Gasteiger partial charge in [0.25, 0.3) is 5.91 Å². The molecular weight excluding hydrogens is 272 g/mol. The highest BCUT2D eigenvalue weighted by atomic mass is 16.5. The number of ether oxygens (including phenoxy) is 1. The van der Waals surface area contributed by atoms with Crippen molar-refractivity contribution in [1.82, 2.24) is 19.9 Å². The van der Waals surface area contributed by atoms with Crippen molar-refractivity contribution in [2.24, 2.45) is 0 Å². The molecule has 1 N–H and O–H groups in total. The smallest absolute Gasteiger partial charge is 0.325 e. The van der Waals surface area contributed by atoms with Gasteiger partial charge in [-0.15, -0.1) is 0 Å². The van der Waals surface area contributed by atoms with E-state index in [9.17, 15) is 4.79 Å². The fourth-order valence-corrected chi connectivity index (χ4v) is 2.11. The summed E-state index contributed by atoms with van der Waals surface area (Å²) >= 11 is 0. The number of fused-ring (bicyclic) bond motifs is 1. The lowest BCUT2D eigenvalue weighted by Crippen LogP contribution is -2.23. The number of carbonyl (C=O) groups excluding carboxylic acids is 1. The number of methoxy groups -OCH3 is 1. The van der Waals surface area contributed by atoms with Crippen molar-refractivity contribution in [3.63, 3.8) is 0 Å². The quantitative estimate of drug-likeness (QED) is 0.787. The van der Waals surface area contributed by atoms with Gasteiger partial charge in [0.2, 0.25) is 5.76 Å². The number of carbonyl (C=O) groups is 1. The van der Waals surface area contributed by atoms with Gasteiger partial charge in [0, 0.05) is 12.1 Å². The van der Waals surface area contributed by atoms with Crippen LogP contribution in [0, 0.1) is 6.92 Å². The lowest BCUT2D eigenvalue weighted by atomic mass is 10.2. The standard InChI is InChI=1S/C14H14N4O3/c1-9-12(21-14-16-8-17-18(9)14)13(19)15-7-10-5-3-4-6-11(10)20-2/h3-6,8H,7H2,1-2H3,(H,15,19). The summed E-state index contributed by atoms with van der Waals surface area (Å²) in [6.07, 6.45) is 1.38. The van der Waals surface area contributed by atoms with Crippen molar-refractivity contribution in [3.8, 4) is 5.75 Å². The van der Waals surface area contributed by atoms with E-state index in [-0.39, 0.29) is 11.7 Å². The molecule has 0 atom stereocenters. The second kappa shape index (κ2) is 5.28. The van der Waals surface area contributed by atoms with E-state index in [0.717, 1.165) is 11.3 Å². The Morgan fingerprint density at radius 3 is 3.00 bits per heavy atom. The highest BCUT2D eigenvalue weighted by molar-refractivity contribution is 5.92. The molecule has 0 spiro atoms. The first-order chi connectivity index (χ1) is 10.2. The van der Waals surface area contributed by atoms with Crippen LogP contribution in [-0.2, 0) is 6.54 Å². The molecule has 0 saturated heterocycles. The van der Waals surface area contributed by atoms with Crippen molar-refractivity contribution in [2.45, 2.75) is 13.5 Å². The predicted molar refractivity (Wildman–Crippen MR) is 74.2 cm³/mol. The number of nitrogens with one attached hydrogen (secondary N) is 1. The van der Waals surface area contributed by atoms with E-state index >= 15 is 0 Å². The summed E-state index contributed by atoms with van der Waals surface area (Å²) < 4.78 is 12.1. The SMILES string of the molecule is COc1ccccc1CNC(=O)c1oc2ncnn2c1C. The summed E-state index contributed by atoms with van der Waals surface area (Å²) in [4.78, 5) is 16.1. The Bertz CT molecular complexity index is 790. The molecule has 1 aromatic carbocycles. The number of para-hydroxylation sites is 1. The first-order valence-corrected chi connectivity index (χ1v) is 6.40. The van der Waals surface area contributed by atoms with Gasteiger partial charge >= 0.3 is 5.84 Å². The third kappa shape index (κ3) is 2.33. The van der Waals surface area contributed by atoms with Gasteiger partial charge in [-0.3, -0.25) is 4.79 Å². The Kier molecular flexibility index (Phi) is 3.31. The van der Waals surface area contributed by atoms with Gasteiger partial charge in [-0.2, -0.15) is 14.6 Å². The number of nitrogens with zero attached hydrogens (tertiary/aromatic N) is 3. The summed E-state index contributed by atoms with van der Waals surface area (Å²) in [7, 11) is 1.60. The van der Waals surface area contributed by atoms with Crippen LogP contribution in [-0.4, -0.2) is 27.6 Å². The van der Waals surface area contributed by atoms with Crippen LogP contribution in [0.4, 0.5) is 0 Å². The van der Waals surface area contributed by atoms with Gasteiger partial charge in [0.15, 0.2) is 0 Å². The number of hydrogen-bond donors (Lipinski definition) is 1. The Balaban J connectivity index is 1.77. The minimum atomic E-state index is -0.314. The second-order valence-corrected chi connectivity index (χ2v) is 4.47. The van der Waals surface area contributed by atoms with E-state index in [4.69, 9.17) is 9.15 Å². The molecule has 0 unspecified atom stereocenters. The van der Waals surface area contributed by atoms with Crippen LogP contribution in [0.3, 0.4) is 0 Å². The third-order valence-corrected chi connectivity index (χ3v) is 3.19. The number of benzene rings is 1. The van der Waals surface area contributed by atoms with Gasteiger partial charge in [-0.25, -0.2) is 0 Å². The molecule has 0 bridgehead atoms. The van der Waals surface area contributed by atoms with Crippen LogP contribution >= 0.6 is 0 Å². The molecule has 2 heterocycles. The molecule has 0 aliphatic carbocycles. The van der Waals surface area contributed by atoms with Crippen LogP contribution in [0.2, 0.25) is 0 Å². The number of rotatable bonds is 4. The topological polar surface area (TPSA) is 81.7 Å². The molecule has 0 aliphatic heterocycles. The van der Waals surface area contributed by atoms with Crippen LogP contribution in [0.15, 0.2) is 35.0 Å². The van der Waals surface area contributed by atoms with E-state index < -0.39 is 0 Å². The number of aromatic nitrogens is 3. The highest BCUT2D eigenvalue weighted by Gasteiger charge is 2.19. The maximum atomic E-state index is 12.2. The lowest BCUT2D eigenvalue weighted by Gasteiger charge is -2.08. The third-order valence-electron chi connectivity index (χ3n) is 3.19. The molecule has 0 aliphatic rings. The zero-order valence-electron chi connectivity index (χ0n) is 11.7. The van der Waals surface area contributed by atoms with Crippen molar-refractivity contribution in [1.29, 1.82) is 0 Å². The Labute approximate surface area is 120 Å². The normalized spacial score (nSPS) is 10.8. The minimum Gasteiger partial charge on any atom is -0.496 e. The zero-order chi connectivity index (χ0) is 14.8. The van der Waals surface area contributed by atoms with Crippen molar-refractivity contribution >= 4 is 11.8 Å². The van der Waals surface area contributed by atoms with Crippen LogP contribution in [0.5, 0.6) is 5.75 Å². The van der Waals surface area contributed by atoms with E-state index in [2.05, 4.69) is 15.4 Å². The molecule has 0 saturated carbocycles. The second-order valence-electron chi connectivity index (χ2n) is 4.47. The van der Waals surface area contributed by atoms with Crippen molar-refractivity contribution in [3.05, 3.63) is 47.6 Å². The number of hydrogen-bond acceptors (Lipinski definition) is 5. The summed E-state index contributed by atoms with van der Waals surface area (Å²) in [5.74, 6) is 0.923. The zero-order valence-corrected chi connectivity index (χ0v) is 11.7. The van der Waals surface area contributed by atoms with Crippen LogP contribution in [0.1, 0.15) is 21.8 Å². The minimum absolute atomic E-state index is 0.209. The van der Waals surface area contributed by atoms with Gasteiger partial charge in [-0.05, 0) is 13.0 Å². The van der Waals surface area contributed by atoms with Crippen molar-refractivity contribution < 1.29 is 13.9 Å². The average Bonchev–Trinajstić information content (AvgIpc) is 3.08. The van der Waals surface area contributed by atoms with E-state index in [1.807, 2.05) is 24.3 Å². The predicted octanol–water partition coefficient (Wildman–Crippen LogP) is 1.57. The van der Waals surface area contributed by atoms with E-state index in [1.165, 1.54) is 10.8 Å². The molecule has 7 heteroatoms. The monoisotopic (exact) mass is 286 g/mol. The average molecular weight is 286 g/mol. The summed E-state index contributed by atoms with van der Waals surface area (Å²) in [5, 5.41) is 6.78. The van der Waals surface area contributed by atoms with Crippen LogP contribution < -0.4 is 10.1 Å². The summed E-state index contributed by atoms with van der Waals surface area (Å²) in [6, 6.07) is 7.50. The first-order valence-electron chi connectivity index (χ1n) is 6.40. The largest absolute Gasteiger partial charge is 0.496 e. The maximum absolute atomic E-state index is 12.2. The fraction of sp³-hybridized carbons (Fsp3) is 0.214. The molecule has 2 aromatic heterocycles. The number of oxazole rings is 1. The highest BCUT2D eigenvalue weighted by Crippen LogP contribution is 2.18. The number of amides is 1. The van der Waals surface area contributed by atoms with Crippen molar-refractivity contribution in [2.75, 3.05) is 7.11 Å². The molecule has 7 nitrogen and oxygen atoms in total. The number of aryl methyl sites for hydroxylation is 1. The molecule has 3 rings (SSSR count).